The summed E-state index contributed by atoms with van der Waals surface area (Å²) < 4.78 is 0. The number of anilines is 2. The largest absolute Gasteiger partial charge is 0.387 e. The second-order valence-corrected chi connectivity index (χ2v) is 4.01. The van der Waals surface area contributed by atoms with Crippen LogP contribution in [0.2, 0.25) is 0 Å². The van der Waals surface area contributed by atoms with Crippen molar-refractivity contribution in [2.24, 2.45) is 0 Å². The van der Waals surface area contributed by atoms with Gasteiger partial charge in [0.25, 0.3) is 0 Å². The summed E-state index contributed by atoms with van der Waals surface area (Å²) in [7, 11) is 1.99. The maximum atomic E-state index is 9.39. The van der Waals surface area contributed by atoms with E-state index in [1.54, 1.807) is 13.1 Å². The molecule has 0 saturated heterocycles. The Bertz CT molecular complexity index is 465. The van der Waals surface area contributed by atoms with Gasteiger partial charge in [0.15, 0.2) is 0 Å². The lowest BCUT2D eigenvalue weighted by atomic mass is 10.2. The Balaban J connectivity index is 2.23. The van der Waals surface area contributed by atoms with Gasteiger partial charge in [-0.3, -0.25) is 4.98 Å². The fourth-order valence-electron chi connectivity index (χ4n) is 1.64. The summed E-state index contributed by atoms with van der Waals surface area (Å²) in [6, 6.07) is 13.9. The van der Waals surface area contributed by atoms with Crippen LogP contribution in [0.3, 0.4) is 0 Å². The quantitative estimate of drug-likeness (QED) is 0.877. The second-order valence-electron chi connectivity index (χ2n) is 4.01. The van der Waals surface area contributed by atoms with Crippen LogP contribution < -0.4 is 4.90 Å². The first-order valence-corrected chi connectivity index (χ1v) is 5.61. The van der Waals surface area contributed by atoms with E-state index in [-0.39, 0.29) is 0 Å². The third-order valence-electron chi connectivity index (χ3n) is 2.73. The van der Waals surface area contributed by atoms with E-state index in [1.807, 2.05) is 49.5 Å². The molecule has 1 N–H and O–H groups in total. The van der Waals surface area contributed by atoms with E-state index >= 15 is 0 Å². The molecule has 3 heteroatoms. The summed E-state index contributed by atoms with van der Waals surface area (Å²) in [6.07, 6.45) is 1.25. The molecule has 0 radical (unpaired) electrons. The van der Waals surface area contributed by atoms with Crippen molar-refractivity contribution in [3.63, 3.8) is 0 Å². The van der Waals surface area contributed by atoms with Crippen molar-refractivity contribution in [3.05, 3.63) is 54.4 Å². The van der Waals surface area contributed by atoms with Crippen molar-refractivity contribution in [1.82, 2.24) is 4.98 Å². The van der Waals surface area contributed by atoms with E-state index in [0.717, 1.165) is 11.4 Å². The highest BCUT2D eigenvalue weighted by Crippen LogP contribution is 2.23. The van der Waals surface area contributed by atoms with Gasteiger partial charge in [0, 0.05) is 12.7 Å². The first-order valence-electron chi connectivity index (χ1n) is 5.61. The lowest BCUT2D eigenvalue weighted by molar-refractivity contribution is 0.194. The predicted molar refractivity (Wildman–Crippen MR) is 69.4 cm³/mol. The number of hydrogen-bond donors (Lipinski definition) is 1. The van der Waals surface area contributed by atoms with Crippen molar-refractivity contribution in [3.8, 4) is 0 Å². The monoisotopic (exact) mass is 228 g/mol. The molecule has 3 nitrogen and oxygen atoms in total. The average molecular weight is 228 g/mol. The van der Waals surface area contributed by atoms with Gasteiger partial charge in [0.2, 0.25) is 0 Å². The Labute approximate surface area is 101 Å². The van der Waals surface area contributed by atoms with Crippen LogP contribution in [-0.2, 0) is 0 Å². The molecule has 0 aliphatic heterocycles. The number of pyridine rings is 1. The molecule has 0 aliphatic rings. The van der Waals surface area contributed by atoms with Gasteiger partial charge >= 0.3 is 0 Å². The number of aliphatic hydroxyl groups is 1. The van der Waals surface area contributed by atoms with E-state index in [2.05, 4.69) is 9.88 Å². The van der Waals surface area contributed by atoms with Gasteiger partial charge in [0.1, 0.15) is 0 Å². The fraction of sp³-hybridized carbons (Fsp3) is 0.214. The zero-order valence-corrected chi connectivity index (χ0v) is 10.0. The highest BCUT2D eigenvalue weighted by atomic mass is 16.3. The van der Waals surface area contributed by atoms with Gasteiger partial charge in [-0.05, 0) is 31.2 Å². The number of para-hydroxylation sites is 1. The van der Waals surface area contributed by atoms with Gasteiger partial charge in [-0.25, -0.2) is 0 Å². The van der Waals surface area contributed by atoms with Gasteiger partial charge in [0.05, 0.1) is 23.7 Å². The summed E-state index contributed by atoms with van der Waals surface area (Å²) in [5.41, 5.74) is 2.80. The summed E-state index contributed by atoms with van der Waals surface area (Å²) in [6.45, 7) is 1.71. The predicted octanol–water partition coefficient (Wildman–Crippen LogP) is 2.90. The normalized spacial score (nSPS) is 12.2. The van der Waals surface area contributed by atoms with Crippen LogP contribution in [0.15, 0.2) is 48.7 Å². The van der Waals surface area contributed by atoms with E-state index < -0.39 is 6.10 Å². The molecule has 0 unspecified atom stereocenters. The Morgan fingerprint density at radius 1 is 1.06 bits per heavy atom. The first kappa shape index (κ1) is 11.6. The third-order valence-corrected chi connectivity index (χ3v) is 2.73. The van der Waals surface area contributed by atoms with Crippen molar-refractivity contribution >= 4 is 11.4 Å². The molecule has 1 aromatic carbocycles. The Kier molecular flexibility index (Phi) is 3.40. The second kappa shape index (κ2) is 4.97. The van der Waals surface area contributed by atoms with Crippen molar-refractivity contribution in [2.75, 3.05) is 11.9 Å². The minimum Gasteiger partial charge on any atom is -0.387 e. The van der Waals surface area contributed by atoms with Crippen LogP contribution in [-0.4, -0.2) is 17.1 Å². The Morgan fingerprint density at radius 3 is 2.29 bits per heavy atom. The van der Waals surface area contributed by atoms with Gasteiger partial charge in [-0.15, -0.1) is 0 Å². The number of benzene rings is 1. The van der Waals surface area contributed by atoms with Crippen molar-refractivity contribution < 1.29 is 5.11 Å². The lowest BCUT2D eigenvalue weighted by Gasteiger charge is -2.19. The van der Waals surface area contributed by atoms with Crippen molar-refractivity contribution in [1.29, 1.82) is 0 Å². The van der Waals surface area contributed by atoms with E-state index in [9.17, 15) is 5.11 Å². The molecule has 2 rings (SSSR count). The fourth-order valence-corrected chi connectivity index (χ4v) is 1.64. The first-order chi connectivity index (χ1) is 8.18. The minimum atomic E-state index is -0.522. The highest BCUT2D eigenvalue weighted by molar-refractivity contribution is 5.61. The van der Waals surface area contributed by atoms with Crippen LogP contribution in [0.25, 0.3) is 0 Å². The van der Waals surface area contributed by atoms with E-state index in [4.69, 9.17) is 0 Å². The smallest absolute Gasteiger partial charge is 0.0931 e. The molecular formula is C14H16N2O. The number of hydrogen-bond acceptors (Lipinski definition) is 3. The lowest BCUT2D eigenvalue weighted by Crippen LogP contribution is -2.10. The number of rotatable bonds is 3. The molecular weight excluding hydrogens is 212 g/mol. The summed E-state index contributed by atoms with van der Waals surface area (Å²) in [5, 5.41) is 9.39. The summed E-state index contributed by atoms with van der Waals surface area (Å²) >= 11 is 0. The van der Waals surface area contributed by atoms with Crippen molar-refractivity contribution in [2.45, 2.75) is 13.0 Å². The molecule has 0 spiro atoms. The van der Waals surface area contributed by atoms with E-state index in [0.29, 0.717) is 5.69 Å². The standard InChI is InChI=1S/C14H16N2O/c1-11(17)14-9-8-13(10-15-14)16(2)12-6-4-3-5-7-12/h3-11,17H,1-2H3/t11-/m1/s1. The topological polar surface area (TPSA) is 36.4 Å². The van der Waals surface area contributed by atoms with Gasteiger partial charge in [-0.1, -0.05) is 18.2 Å². The molecule has 88 valence electrons. The molecule has 1 aromatic heterocycles. The average Bonchev–Trinajstić information content (AvgIpc) is 2.39. The zero-order valence-electron chi connectivity index (χ0n) is 10.0. The molecule has 1 heterocycles. The summed E-state index contributed by atoms with van der Waals surface area (Å²) in [4.78, 5) is 6.29. The number of nitrogens with zero attached hydrogens (tertiary/aromatic N) is 2. The minimum absolute atomic E-state index is 0.522. The van der Waals surface area contributed by atoms with Crippen LogP contribution in [0.1, 0.15) is 18.7 Å². The van der Waals surface area contributed by atoms with Crippen LogP contribution in [0, 0.1) is 0 Å². The molecule has 0 fully saturated rings. The molecule has 0 bridgehead atoms. The number of aliphatic hydroxyl groups excluding tert-OH is 1. The van der Waals surface area contributed by atoms with Crippen LogP contribution in [0.4, 0.5) is 11.4 Å². The number of aromatic nitrogens is 1. The van der Waals surface area contributed by atoms with E-state index in [1.165, 1.54) is 0 Å². The highest BCUT2D eigenvalue weighted by Gasteiger charge is 2.06. The summed E-state index contributed by atoms with van der Waals surface area (Å²) in [5.74, 6) is 0. The Morgan fingerprint density at radius 2 is 1.76 bits per heavy atom. The maximum absolute atomic E-state index is 9.39. The molecule has 1 atom stereocenters. The third kappa shape index (κ3) is 2.63. The maximum Gasteiger partial charge on any atom is 0.0931 e. The molecule has 0 aliphatic carbocycles. The molecule has 17 heavy (non-hydrogen) atoms. The van der Waals surface area contributed by atoms with Crippen LogP contribution in [0.5, 0.6) is 0 Å². The SMILES string of the molecule is C[C@@H](O)c1ccc(N(C)c2ccccc2)cn1. The molecule has 0 amide bonds. The van der Waals surface area contributed by atoms with Crippen LogP contribution >= 0.6 is 0 Å². The Hall–Kier alpha value is -1.87. The van der Waals surface area contributed by atoms with Gasteiger partial charge in [-0.2, -0.15) is 0 Å². The van der Waals surface area contributed by atoms with Gasteiger partial charge < -0.3 is 10.0 Å². The molecule has 2 aromatic rings. The zero-order chi connectivity index (χ0) is 12.3. The molecule has 0 saturated carbocycles.